The van der Waals surface area contributed by atoms with Crippen molar-refractivity contribution in [3.8, 4) is 0 Å². The van der Waals surface area contributed by atoms with Crippen molar-refractivity contribution in [2.75, 3.05) is 33.4 Å². The van der Waals surface area contributed by atoms with E-state index in [1.165, 1.54) is 10.5 Å². The van der Waals surface area contributed by atoms with E-state index < -0.39 is 0 Å². The molecule has 2 nitrogen and oxygen atoms in total. The second-order valence-electron chi connectivity index (χ2n) is 4.47. The summed E-state index contributed by atoms with van der Waals surface area (Å²) in [6, 6.07) is 9.42. The van der Waals surface area contributed by atoms with Gasteiger partial charge in [0, 0.05) is 23.2 Å². The Morgan fingerprint density at radius 1 is 1.24 bits per heavy atom. The number of hydrogen-bond acceptors (Lipinski definition) is 3. The van der Waals surface area contributed by atoms with Crippen LogP contribution in [0.1, 0.15) is 24.9 Å². The summed E-state index contributed by atoms with van der Waals surface area (Å²) in [7, 11) is 6.25. The Balaban J connectivity index is 2.49. The first-order valence-corrected chi connectivity index (χ1v) is 7.20. The van der Waals surface area contributed by atoms with Crippen LogP contribution in [0.15, 0.2) is 29.2 Å². The van der Waals surface area contributed by atoms with E-state index in [0.29, 0.717) is 6.04 Å². The van der Waals surface area contributed by atoms with Crippen molar-refractivity contribution in [1.29, 1.82) is 0 Å². The Hall–Kier alpha value is -0.510. The van der Waals surface area contributed by atoms with Gasteiger partial charge >= 0.3 is 0 Å². The highest BCUT2D eigenvalue weighted by Gasteiger charge is 2.05. The van der Waals surface area contributed by atoms with E-state index in [1.807, 2.05) is 18.8 Å². The highest BCUT2D eigenvalue weighted by Crippen LogP contribution is 2.22. The van der Waals surface area contributed by atoms with Crippen LogP contribution >= 0.6 is 11.8 Å². The maximum Gasteiger partial charge on any atom is 0.0314 e. The Labute approximate surface area is 110 Å². The van der Waals surface area contributed by atoms with Crippen LogP contribution in [0.25, 0.3) is 0 Å². The molecule has 0 spiro atoms. The summed E-state index contributed by atoms with van der Waals surface area (Å²) in [4.78, 5) is 3.58. The van der Waals surface area contributed by atoms with E-state index in [0.717, 1.165) is 18.7 Å². The molecule has 0 amide bonds. The smallest absolute Gasteiger partial charge is 0.0314 e. The Kier molecular flexibility index (Phi) is 6.63. The van der Waals surface area contributed by atoms with E-state index in [1.54, 1.807) is 0 Å². The lowest BCUT2D eigenvalue weighted by Gasteiger charge is -2.14. The summed E-state index contributed by atoms with van der Waals surface area (Å²) < 4.78 is 0. The average Bonchev–Trinajstić information content (AvgIpc) is 2.32. The highest BCUT2D eigenvalue weighted by atomic mass is 32.2. The summed E-state index contributed by atoms with van der Waals surface area (Å²) in [5.74, 6) is 1.15. The third-order valence-corrected chi connectivity index (χ3v) is 3.84. The van der Waals surface area contributed by atoms with Crippen LogP contribution in [0.2, 0.25) is 0 Å². The van der Waals surface area contributed by atoms with Crippen molar-refractivity contribution in [2.45, 2.75) is 24.3 Å². The molecule has 1 aromatic carbocycles. The quantitative estimate of drug-likeness (QED) is 0.751. The summed E-state index contributed by atoms with van der Waals surface area (Å²) >= 11 is 1.92. The van der Waals surface area contributed by atoms with Gasteiger partial charge in [-0.15, -0.1) is 11.8 Å². The minimum Gasteiger partial charge on any atom is -0.313 e. The molecule has 1 N–H and O–H groups in total. The molecule has 0 saturated heterocycles. The monoisotopic (exact) mass is 252 g/mol. The van der Waals surface area contributed by atoms with E-state index >= 15 is 0 Å². The van der Waals surface area contributed by atoms with Gasteiger partial charge in [-0.1, -0.05) is 19.1 Å². The molecular formula is C14H24N2S. The lowest BCUT2D eigenvalue weighted by Crippen LogP contribution is -2.15. The fraction of sp³-hybridized carbons (Fsp3) is 0.571. The van der Waals surface area contributed by atoms with Crippen molar-refractivity contribution in [1.82, 2.24) is 10.2 Å². The average molecular weight is 252 g/mol. The third-order valence-electron chi connectivity index (χ3n) is 2.85. The van der Waals surface area contributed by atoms with Crippen LogP contribution in [-0.2, 0) is 0 Å². The first-order valence-electron chi connectivity index (χ1n) is 6.22. The van der Waals surface area contributed by atoms with Gasteiger partial charge in [-0.05, 0) is 45.3 Å². The summed E-state index contributed by atoms with van der Waals surface area (Å²) in [6.07, 6.45) is 1.13. The molecule has 1 aromatic rings. The molecule has 96 valence electrons. The molecule has 1 unspecified atom stereocenters. The van der Waals surface area contributed by atoms with Gasteiger partial charge in [-0.3, -0.25) is 0 Å². The van der Waals surface area contributed by atoms with E-state index in [-0.39, 0.29) is 0 Å². The Morgan fingerprint density at radius 2 is 1.88 bits per heavy atom. The van der Waals surface area contributed by atoms with Gasteiger partial charge in [0.05, 0.1) is 0 Å². The normalized spacial score (nSPS) is 13.0. The molecule has 0 saturated carbocycles. The van der Waals surface area contributed by atoms with Crippen LogP contribution in [0.3, 0.4) is 0 Å². The molecule has 17 heavy (non-hydrogen) atoms. The van der Waals surface area contributed by atoms with Gasteiger partial charge in [-0.2, -0.15) is 0 Å². The predicted octanol–water partition coefficient (Wildman–Crippen LogP) is 3.01. The molecule has 0 aliphatic carbocycles. The minimum absolute atomic E-state index is 0.482. The molecule has 0 aromatic heterocycles. The van der Waals surface area contributed by atoms with E-state index in [9.17, 15) is 0 Å². The molecule has 0 aliphatic heterocycles. The lowest BCUT2D eigenvalue weighted by atomic mass is 10.1. The van der Waals surface area contributed by atoms with Crippen molar-refractivity contribution in [3.63, 3.8) is 0 Å². The summed E-state index contributed by atoms with van der Waals surface area (Å²) in [6.45, 7) is 3.33. The number of thioether (sulfide) groups is 1. The summed E-state index contributed by atoms with van der Waals surface area (Å²) in [5, 5.41) is 3.33. The lowest BCUT2D eigenvalue weighted by molar-refractivity contribution is 0.437. The Morgan fingerprint density at radius 3 is 2.35 bits per heavy atom. The zero-order valence-electron chi connectivity index (χ0n) is 11.4. The molecule has 0 radical (unpaired) electrons. The number of hydrogen-bond donors (Lipinski definition) is 1. The molecule has 0 aliphatic rings. The van der Waals surface area contributed by atoms with Crippen molar-refractivity contribution in [2.24, 2.45) is 0 Å². The first kappa shape index (κ1) is 14.6. The van der Waals surface area contributed by atoms with Crippen molar-refractivity contribution < 1.29 is 0 Å². The molecule has 1 rings (SSSR count). The molecule has 0 heterocycles. The Bertz CT molecular complexity index is 305. The number of nitrogens with one attached hydrogen (secondary N) is 1. The van der Waals surface area contributed by atoms with E-state index in [2.05, 4.69) is 55.5 Å². The van der Waals surface area contributed by atoms with Crippen LogP contribution in [0, 0.1) is 0 Å². The standard InChI is InChI=1S/C14H24N2S/c1-5-14(15-2)12-6-8-13(9-7-12)17-11-10-16(3)4/h6-9,14-15H,5,10-11H2,1-4H3. The SMILES string of the molecule is CCC(NC)c1ccc(SCCN(C)C)cc1. The number of benzene rings is 1. The van der Waals surface area contributed by atoms with Gasteiger partial charge in [0.2, 0.25) is 0 Å². The second kappa shape index (κ2) is 7.75. The van der Waals surface area contributed by atoms with Gasteiger partial charge in [-0.25, -0.2) is 0 Å². The second-order valence-corrected chi connectivity index (χ2v) is 5.64. The van der Waals surface area contributed by atoms with Gasteiger partial charge in [0.1, 0.15) is 0 Å². The van der Waals surface area contributed by atoms with Crippen LogP contribution < -0.4 is 5.32 Å². The molecule has 3 heteroatoms. The van der Waals surface area contributed by atoms with E-state index in [4.69, 9.17) is 0 Å². The van der Waals surface area contributed by atoms with Crippen LogP contribution in [0.5, 0.6) is 0 Å². The topological polar surface area (TPSA) is 15.3 Å². The fourth-order valence-electron chi connectivity index (χ4n) is 1.75. The zero-order chi connectivity index (χ0) is 12.7. The number of nitrogens with zero attached hydrogens (tertiary/aromatic N) is 1. The molecule has 0 fully saturated rings. The van der Waals surface area contributed by atoms with Crippen molar-refractivity contribution >= 4 is 11.8 Å². The summed E-state index contributed by atoms with van der Waals surface area (Å²) in [5.41, 5.74) is 1.38. The molecular weight excluding hydrogens is 228 g/mol. The maximum atomic E-state index is 3.33. The van der Waals surface area contributed by atoms with Crippen LogP contribution in [-0.4, -0.2) is 38.3 Å². The van der Waals surface area contributed by atoms with Gasteiger partial charge in [0.25, 0.3) is 0 Å². The number of rotatable bonds is 7. The molecule has 0 bridgehead atoms. The highest BCUT2D eigenvalue weighted by molar-refractivity contribution is 7.99. The zero-order valence-corrected chi connectivity index (χ0v) is 12.2. The maximum absolute atomic E-state index is 3.33. The fourth-order valence-corrected chi connectivity index (χ4v) is 2.77. The minimum atomic E-state index is 0.482. The van der Waals surface area contributed by atoms with Crippen LogP contribution in [0.4, 0.5) is 0 Å². The largest absolute Gasteiger partial charge is 0.313 e. The van der Waals surface area contributed by atoms with Gasteiger partial charge < -0.3 is 10.2 Å². The third kappa shape index (κ3) is 5.11. The van der Waals surface area contributed by atoms with Crippen molar-refractivity contribution in [3.05, 3.63) is 29.8 Å². The predicted molar refractivity (Wildman–Crippen MR) is 77.8 cm³/mol. The first-order chi connectivity index (χ1) is 8.17. The van der Waals surface area contributed by atoms with Gasteiger partial charge in [0.15, 0.2) is 0 Å². The molecule has 1 atom stereocenters.